The quantitative estimate of drug-likeness (QED) is 0.507. The van der Waals surface area contributed by atoms with Crippen LogP contribution in [0, 0.1) is 0 Å². The number of rotatable bonds is 9. The molecule has 0 aromatic heterocycles. The maximum Gasteiger partial charge on any atom is 0.119 e. The number of unbranched alkanes of at least 4 members (excludes halogenated alkanes) is 4. The van der Waals surface area contributed by atoms with Gasteiger partial charge < -0.3 is 14.6 Å². The molecule has 104 valence electrons. The van der Waals surface area contributed by atoms with Crippen LogP contribution >= 0.6 is 0 Å². The van der Waals surface area contributed by atoms with Gasteiger partial charge in [0.25, 0.3) is 0 Å². The van der Waals surface area contributed by atoms with Crippen LogP contribution in [0.25, 0.3) is 6.08 Å². The van der Waals surface area contributed by atoms with Gasteiger partial charge in [0.05, 0.1) is 12.6 Å². The molecule has 19 heavy (non-hydrogen) atoms. The molecule has 1 aromatic rings. The molecule has 0 aliphatic carbocycles. The van der Waals surface area contributed by atoms with Crippen LogP contribution in [0.2, 0.25) is 0 Å². The summed E-state index contributed by atoms with van der Waals surface area (Å²) < 4.78 is 5.61. The summed E-state index contributed by atoms with van der Waals surface area (Å²) in [6, 6.07) is 7.35. The Balaban J connectivity index is 2.26. The van der Waals surface area contributed by atoms with E-state index >= 15 is 0 Å². The fraction of sp³-hybridized carbons (Fsp3) is 0.438. The van der Waals surface area contributed by atoms with Gasteiger partial charge >= 0.3 is 0 Å². The Bertz CT molecular complexity index is 393. The minimum absolute atomic E-state index is 0.734. The summed E-state index contributed by atoms with van der Waals surface area (Å²) in [4.78, 5) is 10.3. The number of ether oxygens (including phenoxy) is 1. The summed E-state index contributed by atoms with van der Waals surface area (Å²) in [5.41, 5.74) is 0.819. The van der Waals surface area contributed by atoms with E-state index in [4.69, 9.17) is 4.74 Å². The van der Waals surface area contributed by atoms with Crippen LogP contribution in [0.4, 0.5) is 0 Å². The molecule has 0 amide bonds. The average molecular weight is 261 g/mol. The topological polar surface area (TPSA) is 49.4 Å². The molecule has 0 saturated carbocycles. The molecule has 0 bridgehead atoms. The Labute approximate surface area is 114 Å². The van der Waals surface area contributed by atoms with Gasteiger partial charge in [-0.3, -0.25) is 0 Å². The van der Waals surface area contributed by atoms with Gasteiger partial charge in [0.2, 0.25) is 0 Å². The highest BCUT2D eigenvalue weighted by Crippen LogP contribution is 2.14. The minimum atomic E-state index is -1.19. The van der Waals surface area contributed by atoms with E-state index < -0.39 is 5.97 Å². The molecule has 0 N–H and O–H groups in total. The molecule has 3 nitrogen and oxygen atoms in total. The van der Waals surface area contributed by atoms with Crippen molar-refractivity contribution in [1.82, 2.24) is 0 Å². The van der Waals surface area contributed by atoms with Crippen LogP contribution in [0.1, 0.15) is 44.6 Å². The molecule has 0 radical (unpaired) electrons. The van der Waals surface area contributed by atoms with E-state index in [1.54, 1.807) is 0 Å². The Morgan fingerprint density at radius 1 is 1.16 bits per heavy atom. The van der Waals surface area contributed by atoms with Crippen molar-refractivity contribution in [2.24, 2.45) is 0 Å². The number of hydrogen-bond donors (Lipinski definition) is 0. The number of hydrogen-bond acceptors (Lipinski definition) is 3. The zero-order valence-electron chi connectivity index (χ0n) is 11.4. The number of aliphatic carboxylic acids is 1. The maximum atomic E-state index is 10.3. The number of carbonyl (C=O) groups excluding carboxylic acids is 1. The Morgan fingerprint density at radius 3 is 2.47 bits per heavy atom. The summed E-state index contributed by atoms with van der Waals surface area (Å²) in [6.45, 7) is 2.94. The van der Waals surface area contributed by atoms with Crippen LogP contribution in [-0.2, 0) is 4.79 Å². The SMILES string of the molecule is CCCCCCCOc1ccc(/C=C/C(=O)[O-])cc1. The number of carbonyl (C=O) groups is 1. The minimum Gasteiger partial charge on any atom is -0.545 e. The van der Waals surface area contributed by atoms with Gasteiger partial charge in [-0.15, -0.1) is 0 Å². The molecular weight excluding hydrogens is 240 g/mol. The molecule has 1 aromatic carbocycles. The number of carboxylic acid groups (broad SMARTS) is 1. The van der Waals surface area contributed by atoms with Crippen LogP contribution in [0.3, 0.4) is 0 Å². The lowest BCUT2D eigenvalue weighted by Crippen LogP contribution is -2.18. The second kappa shape index (κ2) is 9.20. The van der Waals surface area contributed by atoms with Crippen molar-refractivity contribution >= 4 is 12.0 Å². The first kappa shape index (κ1) is 15.3. The van der Waals surface area contributed by atoms with Crippen molar-refractivity contribution in [3.63, 3.8) is 0 Å². The van der Waals surface area contributed by atoms with Gasteiger partial charge in [-0.1, -0.05) is 50.8 Å². The molecule has 0 spiro atoms. The number of benzene rings is 1. The normalized spacial score (nSPS) is 10.8. The molecule has 0 unspecified atom stereocenters. The third-order valence-corrected chi connectivity index (χ3v) is 2.81. The maximum absolute atomic E-state index is 10.3. The van der Waals surface area contributed by atoms with Crippen LogP contribution in [0.5, 0.6) is 5.75 Å². The zero-order valence-corrected chi connectivity index (χ0v) is 11.4. The van der Waals surface area contributed by atoms with E-state index in [0.717, 1.165) is 30.4 Å². The summed E-state index contributed by atoms with van der Waals surface area (Å²) in [5, 5.41) is 10.3. The standard InChI is InChI=1S/C16H22O3/c1-2-3-4-5-6-13-19-15-10-7-14(8-11-15)9-12-16(17)18/h7-12H,2-6,13H2,1H3,(H,17,18)/p-1/b12-9+. The smallest absolute Gasteiger partial charge is 0.119 e. The summed E-state index contributed by atoms with van der Waals surface area (Å²) >= 11 is 0. The van der Waals surface area contributed by atoms with Crippen LogP contribution in [0.15, 0.2) is 30.3 Å². The van der Waals surface area contributed by atoms with Gasteiger partial charge in [-0.2, -0.15) is 0 Å². The summed E-state index contributed by atoms with van der Waals surface area (Å²) in [5.74, 6) is -0.367. The number of carboxylic acids is 1. The zero-order chi connectivity index (χ0) is 13.9. The van der Waals surface area contributed by atoms with E-state index in [1.165, 1.54) is 31.8 Å². The van der Waals surface area contributed by atoms with Gasteiger partial charge in [0, 0.05) is 0 Å². The van der Waals surface area contributed by atoms with Crippen molar-refractivity contribution in [1.29, 1.82) is 0 Å². The highest BCUT2D eigenvalue weighted by Gasteiger charge is 1.94. The second-order valence-corrected chi connectivity index (χ2v) is 4.48. The highest BCUT2D eigenvalue weighted by atomic mass is 16.5. The van der Waals surface area contributed by atoms with E-state index in [9.17, 15) is 9.90 Å². The first-order valence-electron chi connectivity index (χ1n) is 6.84. The molecule has 0 aliphatic heterocycles. The third-order valence-electron chi connectivity index (χ3n) is 2.81. The Hall–Kier alpha value is -1.77. The first-order valence-corrected chi connectivity index (χ1v) is 6.84. The van der Waals surface area contributed by atoms with Gasteiger partial charge in [0.15, 0.2) is 0 Å². The third kappa shape index (κ3) is 7.29. The largest absolute Gasteiger partial charge is 0.545 e. The van der Waals surface area contributed by atoms with Crippen molar-refractivity contribution in [2.45, 2.75) is 39.0 Å². The monoisotopic (exact) mass is 261 g/mol. The molecule has 0 aliphatic rings. The van der Waals surface area contributed by atoms with E-state index in [-0.39, 0.29) is 0 Å². The average Bonchev–Trinajstić information content (AvgIpc) is 2.41. The van der Waals surface area contributed by atoms with Crippen LogP contribution in [-0.4, -0.2) is 12.6 Å². The Morgan fingerprint density at radius 2 is 1.84 bits per heavy atom. The van der Waals surface area contributed by atoms with E-state index in [1.807, 2.05) is 24.3 Å². The van der Waals surface area contributed by atoms with Gasteiger partial charge in [0.1, 0.15) is 5.75 Å². The van der Waals surface area contributed by atoms with Gasteiger partial charge in [-0.05, 0) is 30.2 Å². The predicted octanol–water partition coefficient (Wildman–Crippen LogP) is 2.80. The van der Waals surface area contributed by atoms with Crippen molar-refractivity contribution in [3.05, 3.63) is 35.9 Å². The van der Waals surface area contributed by atoms with Crippen molar-refractivity contribution < 1.29 is 14.6 Å². The fourth-order valence-corrected chi connectivity index (χ4v) is 1.74. The molecule has 0 atom stereocenters. The molecule has 0 heterocycles. The van der Waals surface area contributed by atoms with Gasteiger partial charge in [-0.25, -0.2) is 0 Å². The highest BCUT2D eigenvalue weighted by molar-refractivity contribution is 5.83. The van der Waals surface area contributed by atoms with E-state index in [0.29, 0.717) is 0 Å². The molecule has 1 rings (SSSR count). The molecule has 0 fully saturated rings. The lowest BCUT2D eigenvalue weighted by atomic mass is 10.2. The Kier molecular flexibility index (Phi) is 7.40. The molecule has 0 saturated heterocycles. The molecular formula is C16H21O3-. The lowest BCUT2D eigenvalue weighted by Gasteiger charge is -2.06. The van der Waals surface area contributed by atoms with Crippen LogP contribution < -0.4 is 9.84 Å². The van der Waals surface area contributed by atoms with Crippen molar-refractivity contribution in [3.8, 4) is 5.75 Å². The first-order chi connectivity index (χ1) is 9.22. The predicted molar refractivity (Wildman–Crippen MR) is 74.7 cm³/mol. The summed E-state index contributed by atoms with van der Waals surface area (Å²) in [7, 11) is 0. The summed E-state index contributed by atoms with van der Waals surface area (Å²) in [6.07, 6.45) is 8.62. The van der Waals surface area contributed by atoms with Crippen molar-refractivity contribution in [2.75, 3.05) is 6.61 Å². The molecule has 3 heteroatoms. The second-order valence-electron chi connectivity index (χ2n) is 4.48. The fourth-order valence-electron chi connectivity index (χ4n) is 1.74. The van der Waals surface area contributed by atoms with E-state index in [2.05, 4.69) is 6.92 Å². The lowest BCUT2D eigenvalue weighted by molar-refractivity contribution is -0.297.